The van der Waals surface area contributed by atoms with Gasteiger partial charge in [0.1, 0.15) is 11.6 Å². The predicted octanol–water partition coefficient (Wildman–Crippen LogP) is 1.28. The number of methoxy groups -OCH3 is 2. The summed E-state index contributed by atoms with van der Waals surface area (Å²) in [6.45, 7) is 0. The van der Waals surface area contributed by atoms with Gasteiger partial charge in [-0.15, -0.1) is 0 Å². The summed E-state index contributed by atoms with van der Waals surface area (Å²) in [5.41, 5.74) is 5.90. The van der Waals surface area contributed by atoms with Crippen LogP contribution >= 0.6 is 0 Å². The Morgan fingerprint density at radius 1 is 1.11 bits per heavy atom. The van der Waals surface area contributed by atoms with Crippen LogP contribution in [-0.2, 0) is 0 Å². The van der Waals surface area contributed by atoms with E-state index in [0.717, 1.165) is 0 Å². The Bertz CT molecular complexity index is 577. The molecule has 0 unspecified atom stereocenters. The van der Waals surface area contributed by atoms with E-state index in [-0.39, 0.29) is 17.8 Å². The van der Waals surface area contributed by atoms with Crippen molar-refractivity contribution in [3.63, 3.8) is 0 Å². The molecule has 0 spiro atoms. The van der Waals surface area contributed by atoms with Gasteiger partial charge in [-0.05, 0) is 18.2 Å². The van der Waals surface area contributed by atoms with E-state index in [9.17, 15) is 4.39 Å². The number of aromatic nitrogens is 3. The summed E-state index contributed by atoms with van der Waals surface area (Å²) in [4.78, 5) is 11.7. The van der Waals surface area contributed by atoms with Crippen LogP contribution in [0.15, 0.2) is 18.2 Å². The Balaban J connectivity index is 2.60. The highest BCUT2D eigenvalue weighted by molar-refractivity contribution is 5.64. The molecule has 0 fully saturated rings. The van der Waals surface area contributed by atoms with Gasteiger partial charge in [0.05, 0.1) is 19.8 Å². The Kier molecular flexibility index (Phi) is 3.22. The number of halogens is 1. The van der Waals surface area contributed by atoms with Crippen molar-refractivity contribution in [2.75, 3.05) is 20.0 Å². The van der Waals surface area contributed by atoms with Gasteiger partial charge in [-0.2, -0.15) is 15.0 Å². The van der Waals surface area contributed by atoms with Gasteiger partial charge in [-0.3, -0.25) is 0 Å². The van der Waals surface area contributed by atoms with E-state index in [2.05, 4.69) is 15.0 Å². The fraction of sp³-hybridized carbons (Fsp3) is 0.182. The van der Waals surface area contributed by atoms with E-state index in [1.54, 1.807) is 0 Å². The smallest absolute Gasteiger partial charge is 0.321 e. The van der Waals surface area contributed by atoms with Crippen LogP contribution in [0.4, 0.5) is 10.3 Å². The molecule has 6 nitrogen and oxygen atoms in total. The molecule has 0 saturated heterocycles. The number of nitrogens with zero attached hydrogens (tertiary/aromatic N) is 3. The van der Waals surface area contributed by atoms with Gasteiger partial charge in [-0.1, -0.05) is 0 Å². The summed E-state index contributed by atoms with van der Waals surface area (Å²) >= 11 is 0. The van der Waals surface area contributed by atoms with Gasteiger partial charge in [0.25, 0.3) is 0 Å². The molecule has 0 bridgehead atoms. The fourth-order valence-electron chi connectivity index (χ4n) is 1.44. The molecule has 2 N–H and O–H groups in total. The maximum absolute atomic E-state index is 13.3. The lowest BCUT2D eigenvalue weighted by Gasteiger charge is -2.08. The molecule has 0 atom stereocenters. The molecule has 0 aliphatic heterocycles. The van der Waals surface area contributed by atoms with Crippen molar-refractivity contribution in [1.29, 1.82) is 0 Å². The van der Waals surface area contributed by atoms with Gasteiger partial charge >= 0.3 is 6.01 Å². The van der Waals surface area contributed by atoms with E-state index in [1.807, 2.05) is 0 Å². The fourth-order valence-corrected chi connectivity index (χ4v) is 1.44. The van der Waals surface area contributed by atoms with Crippen LogP contribution in [-0.4, -0.2) is 29.2 Å². The van der Waals surface area contributed by atoms with Gasteiger partial charge in [0.2, 0.25) is 5.95 Å². The van der Waals surface area contributed by atoms with E-state index in [4.69, 9.17) is 15.2 Å². The van der Waals surface area contributed by atoms with E-state index >= 15 is 0 Å². The molecule has 0 saturated carbocycles. The standard InChI is InChI=1S/C11H11FN4O2/c1-17-8-4-3-6(12)5-7(8)9-14-10(13)16-11(15-9)18-2/h3-5H,1-2H3,(H2,13,14,15,16). The van der Waals surface area contributed by atoms with Crippen LogP contribution in [0.5, 0.6) is 11.8 Å². The molecule has 0 aliphatic rings. The minimum Gasteiger partial charge on any atom is -0.496 e. The van der Waals surface area contributed by atoms with Crippen molar-refractivity contribution < 1.29 is 13.9 Å². The zero-order chi connectivity index (χ0) is 13.1. The summed E-state index contributed by atoms with van der Waals surface area (Å²) in [6.07, 6.45) is 0. The predicted molar refractivity (Wildman–Crippen MR) is 62.7 cm³/mol. The Hall–Kier alpha value is -2.44. The van der Waals surface area contributed by atoms with Crippen LogP contribution in [0, 0.1) is 5.82 Å². The van der Waals surface area contributed by atoms with Crippen LogP contribution in [0.1, 0.15) is 0 Å². The van der Waals surface area contributed by atoms with Gasteiger partial charge in [-0.25, -0.2) is 4.39 Å². The van der Waals surface area contributed by atoms with Crippen LogP contribution in [0.2, 0.25) is 0 Å². The van der Waals surface area contributed by atoms with Crippen molar-refractivity contribution in [2.45, 2.75) is 0 Å². The summed E-state index contributed by atoms with van der Waals surface area (Å²) in [7, 11) is 2.87. The largest absolute Gasteiger partial charge is 0.496 e. The first-order valence-corrected chi connectivity index (χ1v) is 5.03. The molecular weight excluding hydrogens is 239 g/mol. The van der Waals surface area contributed by atoms with Crippen LogP contribution in [0.25, 0.3) is 11.4 Å². The van der Waals surface area contributed by atoms with Crippen molar-refractivity contribution in [2.24, 2.45) is 0 Å². The number of rotatable bonds is 3. The summed E-state index contributed by atoms with van der Waals surface area (Å²) < 4.78 is 23.3. The SMILES string of the molecule is COc1nc(N)nc(-c2cc(F)ccc2OC)n1. The van der Waals surface area contributed by atoms with Gasteiger partial charge < -0.3 is 15.2 Å². The maximum Gasteiger partial charge on any atom is 0.321 e. The second-order valence-corrected chi connectivity index (χ2v) is 3.35. The van der Waals surface area contributed by atoms with Crippen molar-refractivity contribution in [3.8, 4) is 23.1 Å². The molecule has 1 heterocycles. The topological polar surface area (TPSA) is 83.2 Å². The zero-order valence-corrected chi connectivity index (χ0v) is 9.85. The third kappa shape index (κ3) is 2.29. The number of benzene rings is 1. The Morgan fingerprint density at radius 3 is 2.56 bits per heavy atom. The molecule has 94 valence electrons. The highest BCUT2D eigenvalue weighted by atomic mass is 19.1. The summed E-state index contributed by atoms with van der Waals surface area (Å²) in [6, 6.07) is 4.08. The Morgan fingerprint density at radius 2 is 1.89 bits per heavy atom. The third-order valence-electron chi connectivity index (χ3n) is 2.22. The molecule has 0 radical (unpaired) electrons. The number of hydrogen-bond acceptors (Lipinski definition) is 6. The van der Waals surface area contributed by atoms with Crippen molar-refractivity contribution in [3.05, 3.63) is 24.0 Å². The van der Waals surface area contributed by atoms with Gasteiger partial charge in [0.15, 0.2) is 5.82 Å². The number of anilines is 1. The monoisotopic (exact) mass is 250 g/mol. The lowest BCUT2D eigenvalue weighted by Crippen LogP contribution is -2.03. The summed E-state index contributed by atoms with van der Waals surface area (Å²) in [5.74, 6) is 0.187. The number of nitrogen functional groups attached to an aromatic ring is 1. The number of ether oxygens (including phenoxy) is 2. The van der Waals surface area contributed by atoms with Crippen LogP contribution in [0.3, 0.4) is 0 Å². The van der Waals surface area contributed by atoms with E-state index in [0.29, 0.717) is 11.3 Å². The molecule has 18 heavy (non-hydrogen) atoms. The van der Waals surface area contributed by atoms with E-state index < -0.39 is 5.82 Å². The lowest BCUT2D eigenvalue weighted by molar-refractivity contribution is 0.379. The second kappa shape index (κ2) is 4.82. The first-order chi connectivity index (χ1) is 8.63. The molecule has 1 aromatic heterocycles. The second-order valence-electron chi connectivity index (χ2n) is 3.35. The molecular formula is C11H11FN4O2. The molecule has 0 aliphatic carbocycles. The zero-order valence-electron chi connectivity index (χ0n) is 9.85. The quantitative estimate of drug-likeness (QED) is 0.883. The normalized spacial score (nSPS) is 10.2. The third-order valence-corrected chi connectivity index (χ3v) is 2.22. The summed E-state index contributed by atoms with van der Waals surface area (Å²) in [5, 5.41) is 0. The highest BCUT2D eigenvalue weighted by Gasteiger charge is 2.13. The molecule has 2 aromatic rings. The van der Waals surface area contributed by atoms with Crippen molar-refractivity contribution >= 4 is 5.95 Å². The Labute approximate surface area is 103 Å². The first kappa shape index (κ1) is 12.0. The maximum atomic E-state index is 13.3. The lowest BCUT2D eigenvalue weighted by atomic mass is 10.2. The van der Waals surface area contributed by atoms with Gasteiger partial charge in [0, 0.05) is 0 Å². The average Bonchev–Trinajstić information content (AvgIpc) is 2.38. The average molecular weight is 250 g/mol. The first-order valence-electron chi connectivity index (χ1n) is 5.03. The minimum absolute atomic E-state index is 0.0110. The highest BCUT2D eigenvalue weighted by Crippen LogP contribution is 2.28. The minimum atomic E-state index is -0.427. The molecule has 1 aromatic carbocycles. The molecule has 0 amide bonds. The van der Waals surface area contributed by atoms with Crippen molar-refractivity contribution in [1.82, 2.24) is 15.0 Å². The van der Waals surface area contributed by atoms with E-state index in [1.165, 1.54) is 32.4 Å². The number of nitrogens with two attached hydrogens (primary N) is 1. The number of hydrogen-bond donors (Lipinski definition) is 1. The molecule has 2 rings (SSSR count). The molecule has 7 heteroatoms. The van der Waals surface area contributed by atoms with Crippen LogP contribution < -0.4 is 15.2 Å².